The van der Waals surface area contributed by atoms with Gasteiger partial charge in [0.15, 0.2) is 16.9 Å². The van der Waals surface area contributed by atoms with Crippen LogP contribution in [0.3, 0.4) is 0 Å². The number of carbonyl (C=O) groups excluding carboxylic acids is 1. The Morgan fingerprint density at radius 1 is 1.44 bits per heavy atom. The number of anilines is 1. The number of carbonyl (C=O) groups is 1. The number of hydrogen-bond acceptors (Lipinski definition) is 8. The third-order valence-corrected chi connectivity index (χ3v) is 3.93. The maximum atomic E-state index is 11.5. The van der Waals surface area contributed by atoms with Crippen molar-refractivity contribution < 1.29 is 14.4 Å². The molecule has 0 saturated heterocycles. The summed E-state index contributed by atoms with van der Waals surface area (Å²) >= 11 is 12.3. The van der Waals surface area contributed by atoms with Crippen molar-refractivity contribution in [3.05, 3.63) is 56.0 Å². The molecule has 1 heterocycles. The highest BCUT2D eigenvalue weighted by molar-refractivity contribution is 6.36. The largest absolute Gasteiger partial charge is 0.482 e. The Hall–Kier alpha value is -2.89. The number of nitrogens with two attached hydrogens (primary N) is 1. The lowest BCUT2D eigenvalue weighted by Gasteiger charge is -2.19. The van der Waals surface area contributed by atoms with Crippen LogP contribution in [-0.2, 0) is 4.84 Å². The zero-order chi connectivity index (χ0) is 18.6. The van der Waals surface area contributed by atoms with Crippen LogP contribution in [0.25, 0.3) is 0 Å². The first kappa shape index (κ1) is 18.4. The number of aromatic nitrogens is 1. The highest BCUT2D eigenvalue weighted by Gasteiger charge is 2.20. The fourth-order valence-electron chi connectivity index (χ4n) is 2.03. The number of pyridine rings is 1. The maximum absolute atomic E-state index is 11.5. The van der Waals surface area contributed by atoms with E-state index in [0.717, 1.165) is 6.20 Å². The monoisotopic (exact) mass is 380 g/mol. The van der Waals surface area contributed by atoms with Crippen LogP contribution in [0.5, 0.6) is 5.75 Å². The SMILES string of the molecule is CC(Oc1cc(C(=O)ON=O)cnc1N)c1c(Cl)ccc(C#N)c1Cl. The van der Waals surface area contributed by atoms with Gasteiger partial charge in [-0.1, -0.05) is 23.2 Å². The lowest BCUT2D eigenvalue weighted by atomic mass is 10.1. The van der Waals surface area contributed by atoms with Gasteiger partial charge in [0.2, 0.25) is 0 Å². The molecule has 0 aliphatic rings. The summed E-state index contributed by atoms with van der Waals surface area (Å²) in [6.07, 6.45) is 0.393. The predicted octanol–water partition coefficient (Wildman–Crippen LogP) is 3.82. The fraction of sp³-hybridized carbons (Fsp3) is 0.133. The number of ether oxygens (including phenoxy) is 1. The van der Waals surface area contributed by atoms with Crippen LogP contribution in [0.4, 0.5) is 5.82 Å². The van der Waals surface area contributed by atoms with Crippen molar-refractivity contribution in [2.75, 3.05) is 5.73 Å². The number of benzene rings is 1. The Balaban J connectivity index is 2.37. The van der Waals surface area contributed by atoms with E-state index in [1.165, 1.54) is 18.2 Å². The average molecular weight is 381 g/mol. The second-order valence-corrected chi connectivity index (χ2v) is 5.54. The average Bonchev–Trinajstić information content (AvgIpc) is 2.57. The molecular formula is C15H10Cl2N4O4. The van der Waals surface area contributed by atoms with Crippen LogP contribution in [0, 0.1) is 16.2 Å². The number of rotatable bonds is 5. The first-order valence-electron chi connectivity index (χ1n) is 6.73. The molecule has 10 heteroatoms. The van der Waals surface area contributed by atoms with E-state index in [2.05, 4.69) is 9.82 Å². The van der Waals surface area contributed by atoms with Gasteiger partial charge in [-0.25, -0.2) is 9.78 Å². The fourth-order valence-corrected chi connectivity index (χ4v) is 2.75. The zero-order valence-corrected chi connectivity index (χ0v) is 14.2. The Kier molecular flexibility index (Phi) is 5.75. The second-order valence-electron chi connectivity index (χ2n) is 4.76. The van der Waals surface area contributed by atoms with Gasteiger partial charge in [-0.05, 0) is 19.1 Å². The van der Waals surface area contributed by atoms with Crippen molar-refractivity contribution in [1.82, 2.24) is 4.98 Å². The number of nitrogen functional groups attached to an aromatic ring is 1. The number of nitrogens with zero attached hydrogens (tertiary/aromatic N) is 3. The summed E-state index contributed by atoms with van der Waals surface area (Å²) < 4.78 is 5.68. The van der Waals surface area contributed by atoms with E-state index in [1.54, 1.807) is 6.92 Å². The molecule has 2 N–H and O–H groups in total. The molecule has 0 spiro atoms. The van der Waals surface area contributed by atoms with Gasteiger partial charge in [0.05, 0.1) is 16.1 Å². The van der Waals surface area contributed by atoms with Gasteiger partial charge in [-0.15, -0.1) is 4.91 Å². The van der Waals surface area contributed by atoms with E-state index in [-0.39, 0.29) is 27.7 Å². The minimum Gasteiger partial charge on any atom is -0.482 e. The second kappa shape index (κ2) is 7.79. The minimum atomic E-state index is -1.01. The predicted molar refractivity (Wildman–Crippen MR) is 90.1 cm³/mol. The smallest absolute Gasteiger partial charge is 0.370 e. The van der Waals surface area contributed by atoms with Crippen LogP contribution < -0.4 is 10.5 Å². The van der Waals surface area contributed by atoms with Gasteiger partial charge in [-0.3, -0.25) is 4.84 Å². The Morgan fingerprint density at radius 3 is 2.80 bits per heavy atom. The summed E-state index contributed by atoms with van der Waals surface area (Å²) in [5.74, 6) is -0.976. The van der Waals surface area contributed by atoms with E-state index >= 15 is 0 Å². The van der Waals surface area contributed by atoms with Crippen LogP contribution in [0.15, 0.2) is 29.7 Å². The molecule has 1 unspecified atom stereocenters. The molecule has 2 aromatic rings. The van der Waals surface area contributed by atoms with Crippen molar-refractivity contribution in [3.8, 4) is 11.8 Å². The molecule has 0 fully saturated rings. The summed E-state index contributed by atoms with van der Waals surface area (Å²) in [5.41, 5.74) is 6.26. The lowest BCUT2D eigenvalue weighted by molar-refractivity contribution is 0.0507. The topological polar surface area (TPSA) is 128 Å². The standard InChI is InChI=1S/C15H10Cl2N4O4/c1-7(12-10(16)3-2-8(5-18)13(12)17)24-11-4-9(6-20-14(11)19)15(22)25-21-23/h2-4,6-7H,1H3,(H2,19,20). The molecule has 1 aromatic carbocycles. The molecule has 0 aliphatic heterocycles. The van der Waals surface area contributed by atoms with Gasteiger partial charge in [-0.2, -0.15) is 5.26 Å². The van der Waals surface area contributed by atoms with Gasteiger partial charge in [0.1, 0.15) is 12.2 Å². The normalized spacial score (nSPS) is 11.3. The van der Waals surface area contributed by atoms with Crippen LogP contribution >= 0.6 is 23.2 Å². The number of halogens is 2. The molecule has 0 radical (unpaired) electrons. The number of hydrogen-bond donors (Lipinski definition) is 1. The number of nitriles is 1. The zero-order valence-electron chi connectivity index (χ0n) is 12.7. The first-order chi connectivity index (χ1) is 11.9. The van der Waals surface area contributed by atoms with Crippen molar-refractivity contribution in [2.45, 2.75) is 13.0 Å². The van der Waals surface area contributed by atoms with Crippen LogP contribution in [0.1, 0.15) is 34.5 Å². The Morgan fingerprint density at radius 2 is 2.16 bits per heavy atom. The van der Waals surface area contributed by atoms with E-state index in [1.807, 2.05) is 11.4 Å². The quantitative estimate of drug-likeness (QED) is 0.616. The molecule has 0 aliphatic carbocycles. The van der Waals surface area contributed by atoms with Crippen molar-refractivity contribution >= 4 is 35.0 Å². The molecule has 2 rings (SSSR count). The van der Waals surface area contributed by atoms with E-state index in [9.17, 15) is 9.70 Å². The van der Waals surface area contributed by atoms with Gasteiger partial charge < -0.3 is 10.5 Å². The summed E-state index contributed by atoms with van der Waals surface area (Å²) in [7, 11) is 0. The Labute approximate surface area is 152 Å². The van der Waals surface area contributed by atoms with E-state index in [0.29, 0.717) is 10.6 Å². The molecule has 0 amide bonds. The van der Waals surface area contributed by atoms with Gasteiger partial charge >= 0.3 is 5.97 Å². The highest BCUT2D eigenvalue weighted by atomic mass is 35.5. The minimum absolute atomic E-state index is 0.00820. The van der Waals surface area contributed by atoms with Crippen molar-refractivity contribution in [3.63, 3.8) is 0 Å². The summed E-state index contributed by atoms with van der Waals surface area (Å²) in [6, 6.07) is 6.19. The first-order valence-corrected chi connectivity index (χ1v) is 7.48. The molecular weight excluding hydrogens is 371 g/mol. The Bertz CT molecular complexity index is 883. The third-order valence-electron chi connectivity index (χ3n) is 3.19. The third kappa shape index (κ3) is 3.96. The van der Waals surface area contributed by atoms with E-state index in [4.69, 9.17) is 38.9 Å². The van der Waals surface area contributed by atoms with Crippen LogP contribution in [0.2, 0.25) is 10.0 Å². The summed E-state index contributed by atoms with van der Waals surface area (Å²) in [5, 5.41) is 11.6. The maximum Gasteiger partial charge on any atom is 0.370 e. The lowest BCUT2D eigenvalue weighted by Crippen LogP contribution is -2.09. The summed E-state index contributed by atoms with van der Waals surface area (Å²) in [4.78, 5) is 29.3. The molecule has 0 bridgehead atoms. The van der Waals surface area contributed by atoms with Gasteiger partial charge in [0.25, 0.3) is 0 Å². The highest BCUT2D eigenvalue weighted by Crippen LogP contribution is 2.36. The molecule has 0 saturated carbocycles. The van der Waals surface area contributed by atoms with Crippen LogP contribution in [-0.4, -0.2) is 11.0 Å². The van der Waals surface area contributed by atoms with Gasteiger partial charge in [0, 0.05) is 22.8 Å². The van der Waals surface area contributed by atoms with Crippen molar-refractivity contribution in [2.24, 2.45) is 5.34 Å². The van der Waals surface area contributed by atoms with Crippen molar-refractivity contribution in [1.29, 1.82) is 5.26 Å². The molecule has 128 valence electrons. The summed E-state index contributed by atoms with van der Waals surface area (Å²) in [6.45, 7) is 1.63. The molecule has 8 nitrogen and oxygen atoms in total. The molecule has 1 aromatic heterocycles. The molecule has 25 heavy (non-hydrogen) atoms. The van der Waals surface area contributed by atoms with E-state index < -0.39 is 12.1 Å². The molecule has 1 atom stereocenters.